The molecule has 0 radical (unpaired) electrons. The second kappa shape index (κ2) is 6.13. The molecule has 0 saturated heterocycles. The summed E-state index contributed by atoms with van der Waals surface area (Å²) in [6.45, 7) is 0.408. The van der Waals surface area contributed by atoms with E-state index in [4.69, 9.17) is 5.11 Å². The first-order valence-corrected chi connectivity index (χ1v) is 5.58. The Labute approximate surface area is 117 Å². The molecule has 21 heavy (non-hydrogen) atoms. The minimum atomic E-state index is -2.15. The van der Waals surface area contributed by atoms with Gasteiger partial charge in [-0.2, -0.15) is 4.39 Å². The number of nitro groups is 1. The van der Waals surface area contributed by atoms with Gasteiger partial charge in [-0.15, -0.1) is 0 Å². The number of carboxylic acid groups (broad SMARTS) is 1. The Hall–Kier alpha value is -2.75. The summed E-state index contributed by atoms with van der Waals surface area (Å²) in [5.74, 6) is -2.65. The molecule has 2 amide bonds. The topological polar surface area (TPSA) is 142 Å². The zero-order valence-electron chi connectivity index (χ0n) is 10.8. The zero-order valence-corrected chi connectivity index (χ0v) is 10.8. The summed E-state index contributed by atoms with van der Waals surface area (Å²) in [6.07, 6.45) is 0. The van der Waals surface area contributed by atoms with Gasteiger partial charge < -0.3 is 20.8 Å². The van der Waals surface area contributed by atoms with Crippen LogP contribution in [0.2, 0.25) is 0 Å². The summed E-state index contributed by atoms with van der Waals surface area (Å²) in [4.78, 5) is 31.5. The number of hydrogen-bond donors (Lipinski definition) is 4. The highest BCUT2D eigenvalue weighted by Crippen LogP contribution is 2.20. The predicted molar refractivity (Wildman–Crippen MR) is 68.3 cm³/mol. The summed E-state index contributed by atoms with van der Waals surface area (Å²) in [5, 5.41) is 32.6. The third-order valence-electron chi connectivity index (χ3n) is 2.46. The molecular weight excluding hydrogens is 289 g/mol. The van der Waals surface area contributed by atoms with Crippen LogP contribution < -0.4 is 10.6 Å². The molecule has 9 nitrogen and oxygen atoms in total. The Kier molecular flexibility index (Phi) is 4.76. The van der Waals surface area contributed by atoms with Gasteiger partial charge in [0.2, 0.25) is 5.82 Å². The first-order chi connectivity index (χ1) is 9.63. The summed E-state index contributed by atoms with van der Waals surface area (Å²) in [6, 6.07) is 1.83. The van der Waals surface area contributed by atoms with Gasteiger partial charge in [0.15, 0.2) is 5.60 Å². The maximum Gasteiger partial charge on any atom is 0.337 e. The van der Waals surface area contributed by atoms with E-state index >= 15 is 0 Å². The normalized spacial score (nSPS) is 13.1. The van der Waals surface area contributed by atoms with Crippen molar-refractivity contribution in [2.75, 3.05) is 11.9 Å². The number of carbonyl (C=O) groups excluding carboxylic acids is 1. The molecule has 1 rings (SSSR count). The first kappa shape index (κ1) is 16.3. The number of aliphatic carboxylic acids is 1. The highest BCUT2D eigenvalue weighted by atomic mass is 19.1. The fourth-order valence-corrected chi connectivity index (χ4v) is 1.24. The van der Waals surface area contributed by atoms with E-state index in [9.17, 15) is 29.2 Å². The van der Waals surface area contributed by atoms with Crippen molar-refractivity contribution in [2.45, 2.75) is 12.5 Å². The van der Waals surface area contributed by atoms with Crippen LogP contribution in [0.5, 0.6) is 0 Å². The number of benzene rings is 1. The van der Waals surface area contributed by atoms with E-state index in [0.29, 0.717) is 0 Å². The van der Waals surface area contributed by atoms with Crippen molar-refractivity contribution < 1.29 is 29.1 Å². The molecule has 1 aromatic rings. The Morgan fingerprint density at radius 1 is 1.48 bits per heavy atom. The van der Waals surface area contributed by atoms with Gasteiger partial charge in [0.05, 0.1) is 11.5 Å². The minimum absolute atomic E-state index is 0.0643. The number of carboxylic acids is 1. The molecule has 0 spiro atoms. The van der Waals surface area contributed by atoms with Crippen molar-refractivity contribution in [3.8, 4) is 0 Å². The largest absolute Gasteiger partial charge is 0.479 e. The van der Waals surface area contributed by atoms with E-state index in [0.717, 1.165) is 25.1 Å². The molecule has 1 aromatic carbocycles. The molecule has 0 fully saturated rings. The molecule has 1 atom stereocenters. The Morgan fingerprint density at radius 2 is 2.10 bits per heavy atom. The van der Waals surface area contributed by atoms with Crippen LogP contribution in [-0.4, -0.2) is 39.3 Å². The molecule has 0 heterocycles. The number of urea groups is 1. The van der Waals surface area contributed by atoms with Crippen molar-refractivity contribution in [3.05, 3.63) is 34.1 Å². The number of nitro benzene ring substituents is 1. The molecule has 0 aliphatic rings. The molecule has 1 unspecified atom stereocenters. The zero-order chi connectivity index (χ0) is 16.2. The van der Waals surface area contributed by atoms with Gasteiger partial charge in [-0.05, 0) is 13.0 Å². The number of amides is 2. The van der Waals surface area contributed by atoms with Crippen LogP contribution in [0.3, 0.4) is 0 Å². The van der Waals surface area contributed by atoms with Gasteiger partial charge in [0.1, 0.15) is 0 Å². The number of rotatable bonds is 5. The molecule has 0 aromatic heterocycles. The minimum Gasteiger partial charge on any atom is -0.479 e. The van der Waals surface area contributed by atoms with Gasteiger partial charge in [0, 0.05) is 17.8 Å². The average Bonchev–Trinajstić information content (AvgIpc) is 2.36. The number of anilines is 1. The van der Waals surface area contributed by atoms with Crippen LogP contribution in [-0.2, 0) is 4.79 Å². The van der Waals surface area contributed by atoms with Crippen molar-refractivity contribution in [2.24, 2.45) is 0 Å². The number of halogens is 1. The van der Waals surface area contributed by atoms with Crippen LogP contribution in [0.25, 0.3) is 0 Å². The second-order valence-corrected chi connectivity index (χ2v) is 4.31. The van der Waals surface area contributed by atoms with E-state index in [2.05, 4.69) is 10.6 Å². The third-order valence-corrected chi connectivity index (χ3v) is 2.46. The van der Waals surface area contributed by atoms with Gasteiger partial charge in [-0.25, -0.2) is 9.59 Å². The average molecular weight is 301 g/mol. The Balaban J connectivity index is 2.66. The highest BCUT2D eigenvalue weighted by Gasteiger charge is 2.30. The lowest BCUT2D eigenvalue weighted by atomic mass is 10.1. The number of carbonyl (C=O) groups is 2. The molecule has 0 saturated carbocycles. The lowest BCUT2D eigenvalue weighted by molar-refractivity contribution is -0.387. The Bertz CT molecular complexity index is 589. The van der Waals surface area contributed by atoms with Crippen molar-refractivity contribution in [1.82, 2.24) is 5.32 Å². The lowest BCUT2D eigenvalue weighted by Gasteiger charge is -2.18. The van der Waals surface area contributed by atoms with E-state index in [-0.39, 0.29) is 5.69 Å². The van der Waals surface area contributed by atoms with Gasteiger partial charge in [-0.1, -0.05) is 0 Å². The number of nitrogens with one attached hydrogen (secondary N) is 2. The van der Waals surface area contributed by atoms with Crippen molar-refractivity contribution >= 4 is 23.4 Å². The lowest BCUT2D eigenvalue weighted by Crippen LogP contribution is -2.47. The van der Waals surface area contributed by atoms with Crippen LogP contribution in [0.4, 0.5) is 20.6 Å². The van der Waals surface area contributed by atoms with Crippen LogP contribution >= 0.6 is 0 Å². The van der Waals surface area contributed by atoms with Crippen molar-refractivity contribution in [1.29, 1.82) is 0 Å². The quantitative estimate of drug-likeness (QED) is 0.465. The number of hydrogen-bond acceptors (Lipinski definition) is 5. The monoisotopic (exact) mass is 301 g/mol. The van der Waals surface area contributed by atoms with E-state index in [1.54, 1.807) is 0 Å². The van der Waals surface area contributed by atoms with E-state index in [1.165, 1.54) is 0 Å². The summed E-state index contributed by atoms with van der Waals surface area (Å²) >= 11 is 0. The third kappa shape index (κ3) is 4.38. The van der Waals surface area contributed by atoms with Gasteiger partial charge >= 0.3 is 17.7 Å². The molecule has 4 N–H and O–H groups in total. The van der Waals surface area contributed by atoms with Crippen molar-refractivity contribution in [3.63, 3.8) is 0 Å². The fraction of sp³-hybridized carbons (Fsp3) is 0.273. The van der Waals surface area contributed by atoms with Crippen LogP contribution in [0.1, 0.15) is 6.92 Å². The summed E-state index contributed by atoms with van der Waals surface area (Å²) < 4.78 is 13.3. The van der Waals surface area contributed by atoms with Crippen LogP contribution in [0, 0.1) is 15.9 Å². The van der Waals surface area contributed by atoms with E-state index < -0.39 is 40.6 Å². The molecule has 0 aliphatic carbocycles. The van der Waals surface area contributed by atoms with E-state index in [1.807, 2.05) is 0 Å². The standard InChI is InChI=1S/C11H12FN3O6/c1-11(19,9(16)17)5-13-10(18)14-6-2-3-8(15(20)21)7(12)4-6/h2-4,19H,5H2,1H3,(H,16,17)(H2,13,14,18). The maximum absolute atomic E-state index is 13.3. The van der Waals surface area contributed by atoms with Gasteiger partial charge in [0.25, 0.3) is 0 Å². The SMILES string of the molecule is CC(O)(CNC(=O)Nc1ccc([N+](=O)[O-])c(F)c1)C(=O)O. The summed E-state index contributed by atoms with van der Waals surface area (Å²) in [5.41, 5.74) is -2.96. The first-order valence-electron chi connectivity index (χ1n) is 5.58. The smallest absolute Gasteiger partial charge is 0.337 e. The fourth-order valence-electron chi connectivity index (χ4n) is 1.24. The predicted octanol–water partition coefficient (Wildman–Crippen LogP) is 0.691. The molecule has 0 bridgehead atoms. The maximum atomic E-state index is 13.3. The van der Waals surface area contributed by atoms with Crippen LogP contribution in [0.15, 0.2) is 18.2 Å². The second-order valence-electron chi connectivity index (χ2n) is 4.31. The number of aliphatic hydroxyl groups is 1. The summed E-state index contributed by atoms with van der Waals surface area (Å²) in [7, 11) is 0. The molecule has 10 heteroatoms. The highest BCUT2D eigenvalue weighted by molar-refractivity contribution is 5.90. The molecule has 114 valence electrons. The van der Waals surface area contributed by atoms with Gasteiger partial charge in [-0.3, -0.25) is 10.1 Å². The Morgan fingerprint density at radius 3 is 2.57 bits per heavy atom. The number of nitrogens with zero attached hydrogens (tertiary/aromatic N) is 1. The molecular formula is C11H12FN3O6. The molecule has 0 aliphatic heterocycles.